The molecule has 2 N–H and O–H groups in total. The molecule has 6 nitrogen and oxygen atoms in total. The van der Waals surface area contributed by atoms with Gasteiger partial charge in [-0.1, -0.05) is 6.07 Å². The molecule has 0 spiro atoms. The van der Waals surface area contributed by atoms with Gasteiger partial charge in [-0.05, 0) is 42.3 Å². The Labute approximate surface area is 173 Å². The van der Waals surface area contributed by atoms with Crippen LogP contribution in [0, 0.1) is 11.6 Å². The van der Waals surface area contributed by atoms with Crippen LogP contribution in [0.3, 0.4) is 0 Å². The van der Waals surface area contributed by atoms with Gasteiger partial charge in [0.25, 0.3) is 0 Å². The number of hydrogen-bond donors (Lipinski definition) is 2. The number of pyridine rings is 1. The van der Waals surface area contributed by atoms with Crippen LogP contribution in [-0.2, 0) is 12.8 Å². The summed E-state index contributed by atoms with van der Waals surface area (Å²) in [5.74, 6) is 0.597. The molecular weight excluding hydrogens is 465 g/mol. The third-order valence-electron chi connectivity index (χ3n) is 3.94. The number of fused-ring (bicyclic) bond motifs is 1. The van der Waals surface area contributed by atoms with E-state index in [1.165, 1.54) is 6.07 Å². The van der Waals surface area contributed by atoms with Crippen LogP contribution in [0.15, 0.2) is 47.6 Å². The summed E-state index contributed by atoms with van der Waals surface area (Å²) >= 11 is 0. The second kappa shape index (κ2) is 10.1. The molecule has 0 unspecified atom stereocenters. The predicted molar refractivity (Wildman–Crippen MR) is 112 cm³/mol. The number of aromatic nitrogens is 3. The standard InChI is InChI=1S/C18H20F2N6.HI/c1-21-18(22-9-7-13-12-14(19)5-6-15(13)20)23-10-8-17-25-24-16-4-2-3-11-26(16)17;/h2-6,11-12H,7-10H2,1H3,(H2,21,22,23);1H. The third-order valence-corrected chi connectivity index (χ3v) is 3.94. The van der Waals surface area contributed by atoms with Gasteiger partial charge in [-0.3, -0.25) is 9.39 Å². The fraction of sp³-hybridized carbons (Fsp3) is 0.278. The largest absolute Gasteiger partial charge is 0.356 e. The van der Waals surface area contributed by atoms with E-state index in [2.05, 4.69) is 25.8 Å². The summed E-state index contributed by atoms with van der Waals surface area (Å²) in [6.07, 6.45) is 2.95. The molecule has 3 aromatic rings. The number of guanidine groups is 1. The van der Waals surface area contributed by atoms with E-state index in [1.807, 2.05) is 28.8 Å². The van der Waals surface area contributed by atoms with Crippen molar-refractivity contribution in [1.82, 2.24) is 25.2 Å². The lowest BCUT2D eigenvalue weighted by Crippen LogP contribution is -2.39. The molecule has 0 aliphatic heterocycles. The topological polar surface area (TPSA) is 66.6 Å². The van der Waals surface area contributed by atoms with E-state index in [0.717, 1.165) is 23.6 Å². The molecule has 0 aliphatic rings. The average Bonchev–Trinajstić information content (AvgIpc) is 3.06. The minimum Gasteiger partial charge on any atom is -0.356 e. The Balaban J connectivity index is 0.00000261. The molecule has 2 aromatic heterocycles. The molecule has 9 heteroatoms. The van der Waals surface area contributed by atoms with Crippen LogP contribution >= 0.6 is 24.0 Å². The Morgan fingerprint density at radius 3 is 2.63 bits per heavy atom. The highest BCUT2D eigenvalue weighted by atomic mass is 127. The van der Waals surface area contributed by atoms with E-state index in [1.54, 1.807) is 7.05 Å². The van der Waals surface area contributed by atoms with E-state index in [9.17, 15) is 8.78 Å². The molecular formula is C18H21F2IN6. The minimum atomic E-state index is -0.440. The molecule has 0 saturated carbocycles. The third kappa shape index (κ3) is 5.59. The Bertz CT molecular complexity index is 912. The summed E-state index contributed by atoms with van der Waals surface area (Å²) < 4.78 is 28.7. The summed E-state index contributed by atoms with van der Waals surface area (Å²) in [4.78, 5) is 4.12. The first kappa shape index (κ1) is 21.0. The summed E-state index contributed by atoms with van der Waals surface area (Å²) in [6.45, 7) is 1.05. The molecule has 0 amide bonds. The molecule has 0 saturated heterocycles. The quantitative estimate of drug-likeness (QED) is 0.320. The maximum atomic E-state index is 13.6. The van der Waals surface area contributed by atoms with Gasteiger partial charge >= 0.3 is 0 Å². The maximum absolute atomic E-state index is 13.6. The normalized spacial score (nSPS) is 11.3. The zero-order chi connectivity index (χ0) is 18.4. The number of benzene rings is 1. The molecule has 0 radical (unpaired) electrons. The molecule has 2 heterocycles. The molecule has 144 valence electrons. The fourth-order valence-electron chi connectivity index (χ4n) is 2.63. The average molecular weight is 486 g/mol. The van der Waals surface area contributed by atoms with Gasteiger partial charge in [0.15, 0.2) is 11.6 Å². The fourth-order valence-corrected chi connectivity index (χ4v) is 2.63. The van der Waals surface area contributed by atoms with Crippen molar-refractivity contribution >= 4 is 35.6 Å². The minimum absolute atomic E-state index is 0. The van der Waals surface area contributed by atoms with Crippen molar-refractivity contribution in [2.75, 3.05) is 20.1 Å². The second-order valence-electron chi connectivity index (χ2n) is 5.71. The lowest BCUT2D eigenvalue weighted by molar-refractivity contribution is 0.583. The van der Waals surface area contributed by atoms with Gasteiger partial charge in [-0.2, -0.15) is 0 Å². The first-order valence-corrected chi connectivity index (χ1v) is 8.34. The Morgan fingerprint density at radius 2 is 1.85 bits per heavy atom. The van der Waals surface area contributed by atoms with E-state index >= 15 is 0 Å². The van der Waals surface area contributed by atoms with Gasteiger partial charge in [0.1, 0.15) is 17.5 Å². The smallest absolute Gasteiger partial charge is 0.191 e. The number of nitrogens with zero attached hydrogens (tertiary/aromatic N) is 4. The van der Waals surface area contributed by atoms with Crippen LogP contribution in [-0.4, -0.2) is 40.7 Å². The highest BCUT2D eigenvalue weighted by Crippen LogP contribution is 2.09. The van der Waals surface area contributed by atoms with Crippen LogP contribution in [0.5, 0.6) is 0 Å². The summed E-state index contributed by atoms with van der Waals surface area (Å²) in [5.41, 5.74) is 1.14. The summed E-state index contributed by atoms with van der Waals surface area (Å²) in [7, 11) is 1.66. The highest BCUT2D eigenvalue weighted by Gasteiger charge is 2.06. The van der Waals surface area contributed by atoms with E-state index in [4.69, 9.17) is 0 Å². The van der Waals surface area contributed by atoms with Crippen molar-refractivity contribution in [3.8, 4) is 0 Å². The number of nitrogens with one attached hydrogen (secondary N) is 2. The van der Waals surface area contributed by atoms with Crippen molar-refractivity contribution < 1.29 is 8.78 Å². The number of hydrogen-bond acceptors (Lipinski definition) is 3. The van der Waals surface area contributed by atoms with Crippen LogP contribution in [0.2, 0.25) is 0 Å². The van der Waals surface area contributed by atoms with Crippen molar-refractivity contribution in [1.29, 1.82) is 0 Å². The van der Waals surface area contributed by atoms with Gasteiger partial charge in [-0.25, -0.2) is 8.78 Å². The first-order chi connectivity index (χ1) is 12.7. The van der Waals surface area contributed by atoms with E-state index in [-0.39, 0.29) is 24.0 Å². The zero-order valence-electron chi connectivity index (χ0n) is 14.8. The van der Waals surface area contributed by atoms with Crippen molar-refractivity contribution in [2.24, 2.45) is 4.99 Å². The van der Waals surface area contributed by atoms with Crippen LogP contribution in [0.25, 0.3) is 5.65 Å². The maximum Gasteiger partial charge on any atom is 0.191 e. The van der Waals surface area contributed by atoms with Gasteiger partial charge in [0.2, 0.25) is 0 Å². The molecule has 0 fully saturated rings. The van der Waals surface area contributed by atoms with Gasteiger partial charge in [0, 0.05) is 32.8 Å². The summed E-state index contributed by atoms with van der Waals surface area (Å²) in [5, 5.41) is 14.5. The molecule has 0 aliphatic carbocycles. The number of rotatable bonds is 6. The monoisotopic (exact) mass is 486 g/mol. The molecule has 3 rings (SSSR count). The van der Waals surface area contributed by atoms with Crippen LogP contribution in [0.4, 0.5) is 8.78 Å². The summed E-state index contributed by atoms with van der Waals surface area (Å²) in [6, 6.07) is 9.21. The molecule has 0 bridgehead atoms. The zero-order valence-corrected chi connectivity index (χ0v) is 17.2. The van der Waals surface area contributed by atoms with E-state index in [0.29, 0.717) is 37.5 Å². The first-order valence-electron chi connectivity index (χ1n) is 8.34. The van der Waals surface area contributed by atoms with Crippen LogP contribution < -0.4 is 10.6 Å². The van der Waals surface area contributed by atoms with Gasteiger partial charge < -0.3 is 10.6 Å². The predicted octanol–water partition coefficient (Wildman–Crippen LogP) is 2.58. The lowest BCUT2D eigenvalue weighted by Gasteiger charge is -2.12. The SMILES string of the molecule is CN=C(NCCc1cc(F)ccc1F)NCCc1nnc2ccccn12.I. The lowest BCUT2D eigenvalue weighted by atomic mass is 10.1. The van der Waals surface area contributed by atoms with Crippen molar-refractivity contribution in [2.45, 2.75) is 12.8 Å². The number of aliphatic imine (C=N–C) groups is 1. The van der Waals surface area contributed by atoms with Crippen molar-refractivity contribution in [3.63, 3.8) is 0 Å². The van der Waals surface area contributed by atoms with Gasteiger partial charge in [0.05, 0.1) is 0 Å². The molecule has 1 aromatic carbocycles. The Hall–Kier alpha value is -2.30. The van der Waals surface area contributed by atoms with E-state index < -0.39 is 11.6 Å². The molecule has 27 heavy (non-hydrogen) atoms. The highest BCUT2D eigenvalue weighted by molar-refractivity contribution is 14.0. The Kier molecular flexibility index (Phi) is 7.89. The second-order valence-corrected chi connectivity index (χ2v) is 5.71. The van der Waals surface area contributed by atoms with Crippen molar-refractivity contribution in [3.05, 3.63) is 65.6 Å². The number of halogens is 3. The Morgan fingerprint density at radius 1 is 1.07 bits per heavy atom. The van der Waals surface area contributed by atoms with Crippen LogP contribution in [0.1, 0.15) is 11.4 Å². The molecule has 0 atom stereocenters. The van der Waals surface area contributed by atoms with Gasteiger partial charge in [-0.15, -0.1) is 34.2 Å².